The standard InChI is InChI=1S/C37H50N4O7/c1-5-27-19-37(27,36(46)47)40-33(43)30-18-28(48-21-26-16-11-15-24-12-9-10-17-29(24)26)20-41(30)35(45)31(22(2)3)39-34(44)32(38-23(4)42)25-13-7-6-8-14-25/h9-12,15-17,22,25,27-28,30-32H,5-8,13-14,18-21H2,1-4H3,(H,38,42)(H,39,44)(H,40,43)(H,46,47)/t27-,28+,30-,31-,32-,37-/m0/s1. The van der Waals surface area contributed by atoms with E-state index in [0.717, 1.165) is 48.4 Å². The number of amides is 4. The van der Waals surface area contributed by atoms with Gasteiger partial charge < -0.3 is 30.7 Å². The summed E-state index contributed by atoms with van der Waals surface area (Å²) < 4.78 is 6.35. The minimum atomic E-state index is -1.35. The van der Waals surface area contributed by atoms with Gasteiger partial charge >= 0.3 is 5.97 Å². The molecule has 2 aromatic carbocycles. The molecule has 1 aliphatic heterocycles. The van der Waals surface area contributed by atoms with Crippen molar-refractivity contribution >= 4 is 40.4 Å². The first kappa shape index (κ1) is 35.3. The van der Waals surface area contributed by atoms with Crippen LogP contribution in [0.1, 0.15) is 84.6 Å². The van der Waals surface area contributed by atoms with Crippen LogP contribution in [0.4, 0.5) is 0 Å². The fourth-order valence-electron chi connectivity index (χ4n) is 7.65. The van der Waals surface area contributed by atoms with Crippen LogP contribution < -0.4 is 16.0 Å². The molecule has 11 nitrogen and oxygen atoms in total. The van der Waals surface area contributed by atoms with Gasteiger partial charge in [0.05, 0.1) is 12.7 Å². The van der Waals surface area contributed by atoms with Gasteiger partial charge in [-0.1, -0.05) is 88.9 Å². The molecule has 0 radical (unpaired) electrons. The van der Waals surface area contributed by atoms with Crippen LogP contribution >= 0.6 is 0 Å². The lowest BCUT2D eigenvalue weighted by Gasteiger charge is -2.34. The van der Waals surface area contributed by atoms with Gasteiger partial charge in [-0.2, -0.15) is 0 Å². The molecular formula is C37H50N4O7. The van der Waals surface area contributed by atoms with Crippen LogP contribution in [0.25, 0.3) is 10.8 Å². The number of carboxylic acids is 1. The molecule has 0 unspecified atom stereocenters. The maximum Gasteiger partial charge on any atom is 0.329 e. The van der Waals surface area contributed by atoms with E-state index >= 15 is 0 Å². The Morgan fingerprint density at radius 2 is 1.71 bits per heavy atom. The van der Waals surface area contributed by atoms with Crippen LogP contribution in [0.5, 0.6) is 0 Å². The van der Waals surface area contributed by atoms with Gasteiger partial charge in [0, 0.05) is 19.9 Å². The van der Waals surface area contributed by atoms with Crippen molar-refractivity contribution in [3.05, 3.63) is 48.0 Å². The molecule has 1 heterocycles. The number of benzene rings is 2. The van der Waals surface area contributed by atoms with E-state index < -0.39 is 53.5 Å². The molecule has 2 aliphatic carbocycles. The summed E-state index contributed by atoms with van der Waals surface area (Å²) in [5, 5.41) is 20.7. The molecule has 0 spiro atoms. The summed E-state index contributed by atoms with van der Waals surface area (Å²) in [4.78, 5) is 67.7. The van der Waals surface area contributed by atoms with E-state index in [2.05, 4.69) is 16.0 Å². The Morgan fingerprint density at radius 3 is 2.35 bits per heavy atom. The summed E-state index contributed by atoms with van der Waals surface area (Å²) in [6.07, 6.45) is 5.29. The van der Waals surface area contributed by atoms with Gasteiger partial charge in [0.25, 0.3) is 0 Å². The SMILES string of the molecule is CC[C@H]1C[C@@]1(NC(=O)[C@@H]1C[C@@H](OCc2cccc3ccccc23)CN1C(=O)[C@@H](NC(=O)[C@@H](NC(C)=O)C1CCCCC1)C(C)C)C(=O)O. The number of aliphatic carboxylic acids is 1. The lowest BCUT2D eigenvalue weighted by Crippen LogP contribution is -2.60. The van der Waals surface area contributed by atoms with E-state index in [0.29, 0.717) is 12.8 Å². The second-order valence-corrected chi connectivity index (χ2v) is 14.2. The third kappa shape index (κ3) is 7.66. The van der Waals surface area contributed by atoms with Crippen molar-refractivity contribution in [2.24, 2.45) is 17.8 Å². The van der Waals surface area contributed by atoms with Crippen molar-refractivity contribution in [2.45, 2.75) is 115 Å². The van der Waals surface area contributed by atoms with E-state index in [9.17, 15) is 29.1 Å². The molecular weight excluding hydrogens is 612 g/mol. The molecule has 4 N–H and O–H groups in total. The Morgan fingerprint density at radius 1 is 1.00 bits per heavy atom. The van der Waals surface area contributed by atoms with Crippen molar-refractivity contribution in [3.8, 4) is 0 Å². The molecule has 2 saturated carbocycles. The molecule has 11 heteroatoms. The molecule has 48 heavy (non-hydrogen) atoms. The first-order valence-electron chi connectivity index (χ1n) is 17.5. The van der Waals surface area contributed by atoms with E-state index in [1.54, 1.807) is 0 Å². The summed E-state index contributed by atoms with van der Waals surface area (Å²) in [6.45, 7) is 7.30. The number of fused-ring (bicyclic) bond motifs is 1. The summed E-state index contributed by atoms with van der Waals surface area (Å²) in [5.74, 6) is -3.33. The number of hydrogen-bond donors (Lipinski definition) is 4. The highest BCUT2D eigenvalue weighted by molar-refractivity contribution is 5.97. The molecule has 2 aromatic rings. The van der Waals surface area contributed by atoms with Gasteiger partial charge in [0.2, 0.25) is 23.6 Å². The maximum atomic E-state index is 14.4. The number of ether oxygens (including phenoxy) is 1. The van der Waals surface area contributed by atoms with E-state index in [1.807, 2.05) is 63.2 Å². The summed E-state index contributed by atoms with van der Waals surface area (Å²) in [6, 6.07) is 11.3. The Bertz CT molecular complexity index is 1520. The van der Waals surface area contributed by atoms with Crippen LogP contribution in [0.15, 0.2) is 42.5 Å². The van der Waals surface area contributed by atoms with E-state index in [4.69, 9.17) is 4.74 Å². The zero-order valence-corrected chi connectivity index (χ0v) is 28.5. The predicted octanol–water partition coefficient (Wildman–Crippen LogP) is 3.92. The number of carbonyl (C=O) groups excluding carboxylic acids is 4. The Kier molecular flexibility index (Phi) is 11.1. The number of hydrogen-bond acceptors (Lipinski definition) is 6. The first-order valence-corrected chi connectivity index (χ1v) is 17.5. The summed E-state index contributed by atoms with van der Waals surface area (Å²) >= 11 is 0. The van der Waals surface area contributed by atoms with Crippen molar-refractivity contribution in [1.82, 2.24) is 20.9 Å². The number of nitrogens with zero attached hydrogens (tertiary/aromatic N) is 1. The van der Waals surface area contributed by atoms with Crippen molar-refractivity contribution in [3.63, 3.8) is 0 Å². The summed E-state index contributed by atoms with van der Waals surface area (Å²) in [5.41, 5.74) is -0.369. The van der Waals surface area contributed by atoms with Crippen LogP contribution in [0.2, 0.25) is 0 Å². The molecule has 0 aromatic heterocycles. The van der Waals surface area contributed by atoms with Crippen molar-refractivity contribution < 1.29 is 33.8 Å². The highest BCUT2D eigenvalue weighted by atomic mass is 16.5. The molecule has 4 amide bonds. The van der Waals surface area contributed by atoms with Gasteiger partial charge in [0.1, 0.15) is 23.7 Å². The quantitative estimate of drug-likeness (QED) is 0.254. The molecule has 260 valence electrons. The van der Waals surface area contributed by atoms with Crippen LogP contribution in [0.3, 0.4) is 0 Å². The average molecular weight is 663 g/mol. The number of rotatable bonds is 13. The van der Waals surface area contributed by atoms with Gasteiger partial charge in [-0.15, -0.1) is 0 Å². The Labute approximate surface area is 282 Å². The monoisotopic (exact) mass is 662 g/mol. The average Bonchev–Trinajstić information content (AvgIpc) is 3.63. The second-order valence-electron chi connectivity index (χ2n) is 14.2. The fraction of sp³-hybridized carbons (Fsp3) is 0.595. The minimum Gasteiger partial charge on any atom is -0.479 e. The molecule has 6 atom stereocenters. The normalized spacial score (nSPS) is 25.4. The Balaban J connectivity index is 1.36. The third-order valence-electron chi connectivity index (χ3n) is 10.5. The lowest BCUT2D eigenvalue weighted by molar-refractivity contribution is -0.146. The minimum absolute atomic E-state index is 0.0278. The van der Waals surface area contributed by atoms with Crippen molar-refractivity contribution in [1.29, 1.82) is 0 Å². The van der Waals surface area contributed by atoms with Gasteiger partial charge in [-0.05, 0) is 53.4 Å². The molecule has 3 aliphatic rings. The van der Waals surface area contributed by atoms with Crippen LogP contribution in [-0.4, -0.2) is 75.9 Å². The molecule has 5 rings (SSSR count). The number of likely N-dealkylation sites (tertiary alicyclic amines) is 1. The largest absolute Gasteiger partial charge is 0.479 e. The topological polar surface area (TPSA) is 154 Å². The second kappa shape index (κ2) is 15.1. The third-order valence-corrected chi connectivity index (χ3v) is 10.5. The van der Waals surface area contributed by atoms with Crippen LogP contribution in [0, 0.1) is 17.8 Å². The number of carbonyl (C=O) groups is 5. The number of nitrogens with one attached hydrogen (secondary N) is 3. The lowest BCUT2D eigenvalue weighted by atomic mass is 9.83. The van der Waals surface area contributed by atoms with Crippen LogP contribution in [-0.2, 0) is 35.3 Å². The first-order chi connectivity index (χ1) is 22.9. The predicted molar refractivity (Wildman–Crippen MR) is 180 cm³/mol. The van der Waals surface area contributed by atoms with Gasteiger partial charge in [0.15, 0.2) is 0 Å². The maximum absolute atomic E-state index is 14.4. The molecule has 0 bridgehead atoms. The Hall–Kier alpha value is -3.99. The van der Waals surface area contributed by atoms with E-state index in [-0.39, 0.29) is 43.2 Å². The van der Waals surface area contributed by atoms with E-state index in [1.165, 1.54) is 11.8 Å². The highest BCUT2D eigenvalue weighted by Gasteiger charge is 2.61. The highest BCUT2D eigenvalue weighted by Crippen LogP contribution is 2.46. The van der Waals surface area contributed by atoms with Gasteiger partial charge in [-0.25, -0.2) is 4.79 Å². The zero-order chi connectivity index (χ0) is 34.6. The smallest absolute Gasteiger partial charge is 0.329 e. The molecule has 3 fully saturated rings. The number of carboxylic acid groups (broad SMARTS) is 1. The van der Waals surface area contributed by atoms with Gasteiger partial charge in [-0.3, -0.25) is 19.2 Å². The summed E-state index contributed by atoms with van der Waals surface area (Å²) in [7, 11) is 0. The zero-order valence-electron chi connectivity index (χ0n) is 28.5. The molecule has 1 saturated heterocycles. The fourth-order valence-corrected chi connectivity index (χ4v) is 7.65. The van der Waals surface area contributed by atoms with Crippen molar-refractivity contribution in [2.75, 3.05) is 6.54 Å².